The van der Waals surface area contributed by atoms with E-state index < -0.39 is 5.54 Å². The summed E-state index contributed by atoms with van der Waals surface area (Å²) in [5, 5.41) is 2.99. The standard InChI is InChI=1S/C23H22N2OS.C2H6.CH3F/c24-23(14-18-8-4-5-9-19(18)15-23)22(26)25-20-10-12-21(13-11-20)27-16-17-6-2-1-3-7-17;2*1-2/h1-13H,14-16,24H2,(H,25,26);1-2H3;1H3. The van der Waals surface area contributed by atoms with E-state index in [2.05, 4.69) is 41.7 Å². The number of fused-ring (bicyclic) bond motifs is 1. The van der Waals surface area contributed by atoms with Crippen molar-refractivity contribution in [3.05, 3.63) is 95.6 Å². The van der Waals surface area contributed by atoms with Crippen LogP contribution >= 0.6 is 11.8 Å². The molecule has 0 atom stereocenters. The van der Waals surface area contributed by atoms with Crippen LogP contribution < -0.4 is 11.1 Å². The molecular weight excluding hydrogens is 407 g/mol. The summed E-state index contributed by atoms with van der Waals surface area (Å²) in [7, 11) is 0.500. The first kappa shape index (κ1) is 24.6. The summed E-state index contributed by atoms with van der Waals surface area (Å²) in [6, 6.07) is 26.4. The van der Waals surface area contributed by atoms with Crippen molar-refractivity contribution in [1.82, 2.24) is 0 Å². The highest BCUT2D eigenvalue weighted by Gasteiger charge is 2.40. The van der Waals surface area contributed by atoms with Gasteiger partial charge in [-0.05, 0) is 53.8 Å². The first-order chi connectivity index (χ1) is 15.1. The van der Waals surface area contributed by atoms with Crippen LogP contribution in [-0.2, 0) is 23.4 Å². The predicted molar refractivity (Wildman–Crippen MR) is 130 cm³/mol. The Labute approximate surface area is 189 Å². The summed E-state index contributed by atoms with van der Waals surface area (Å²) < 4.78 is 9.50. The van der Waals surface area contributed by atoms with Gasteiger partial charge in [0.2, 0.25) is 5.91 Å². The third-order valence-corrected chi connectivity index (χ3v) is 6.03. The highest BCUT2D eigenvalue weighted by Crippen LogP contribution is 2.30. The molecule has 4 rings (SSSR count). The van der Waals surface area contributed by atoms with Crippen molar-refractivity contribution in [2.24, 2.45) is 5.73 Å². The van der Waals surface area contributed by atoms with Crippen LogP contribution in [0.25, 0.3) is 0 Å². The lowest BCUT2D eigenvalue weighted by Gasteiger charge is -2.22. The summed E-state index contributed by atoms with van der Waals surface area (Å²) >= 11 is 1.78. The molecule has 0 radical (unpaired) electrons. The van der Waals surface area contributed by atoms with Crippen molar-refractivity contribution < 1.29 is 9.18 Å². The van der Waals surface area contributed by atoms with Gasteiger partial charge < -0.3 is 11.1 Å². The Morgan fingerprint density at radius 1 is 0.903 bits per heavy atom. The molecule has 31 heavy (non-hydrogen) atoms. The number of thioether (sulfide) groups is 1. The zero-order valence-electron chi connectivity index (χ0n) is 18.4. The molecule has 3 aromatic carbocycles. The number of nitrogens with two attached hydrogens (primary N) is 1. The van der Waals surface area contributed by atoms with Crippen molar-refractivity contribution in [2.75, 3.05) is 12.5 Å². The minimum atomic E-state index is -0.871. The van der Waals surface area contributed by atoms with E-state index in [1.807, 2.05) is 56.3 Å². The molecule has 3 aromatic rings. The minimum absolute atomic E-state index is 0.122. The van der Waals surface area contributed by atoms with Gasteiger partial charge in [-0.1, -0.05) is 68.4 Å². The second-order valence-electron chi connectivity index (χ2n) is 7.03. The minimum Gasteiger partial charge on any atom is -0.324 e. The Morgan fingerprint density at radius 3 is 1.97 bits per heavy atom. The number of rotatable bonds is 5. The Morgan fingerprint density at radius 2 is 1.42 bits per heavy atom. The van der Waals surface area contributed by atoms with E-state index in [0.717, 1.165) is 11.4 Å². The van der Waals surface area contributed by atoms with E-state index in [1.165, 1.54) is 21.6 Å². The van der Waals surface area contributed by atoms with Crippen LogP contribution in [0.1, 0.15) is 30.5 Å². The lowest BCUT2D eigenvalue weighted by Crippen LogP contribution is -2.52. The quantitative estimate of drug-likeness (QED) is 0.479. The van der Waals surface area contributed by atoms with Gasteiger partial charge in [0, 0.05) is 16.3 Å². The molecule has 1 amide bonds. The zero-order chi connectivity index (χ0) is 22.7. The highest BCUT2D eigenvalue weighted by molar-refractivity contribution is 7.98. The molecule has 1 aliphatic rings. The predicted octanol–water partition coefficient (Wildman–Crippen LogP) is 6.03. The fourth-order valence-corrected chi connectivity index (χ4v) is 4.29. The Hall–Kier alpha value is -2.63. The summed E-state index contributed by atoms with van der Waals surface area (Å²) in [4.78, 5) is 13.9. The molecule has 0 bridgehead atoms. The van der Waals surface area contributed by atoms with E-state index in [4.69, 9.17) is 5.73 Å². The Bertz CT molecular complexity index is 920. The summed E-state index contributed by atoms with van der Waals surface area (Å²) in [5.41, 5.74) is 9.97. The molecule has 0 heterocycles. The molecule has 3 N–H and O–H groups in total. The molecule has 0 spiro atoms. The van der Waals surface area contributed by atoms with Gasteiger partial charge in [-0.3, -0.25) is 9.18 Å². The Kier molecular flexibility index (Phi) is 9.76. The van der Waals surface area contributed by atoms with Crippen molar-refractivity contribution in [2.45, 2.75) is 42.9 Å². The third kappa shape index (κ3) is 6.68. The van der Waals surface area contributed by atoms with Gasteiger partial charge >= 0.3 is 0 Å². The van der Waals surface area contributed by atoms with Gasteiger partial charge in [0.05, 0.1) is 7.18 Å². The number of hydrogen-bond donors (Lipinski definition) is 2. The highest BCUT2D eigenvalue weighted by atomic mass is 32.2. The molecule has 5 heteroatoms. The fourth-order valence-electron chi connectivity index (χ4n) is 3.44. The molecule has 0 saturated heterocycles. The number of carbonyl (C=O) groups is 1. The molecular formula is C26H31FN2OS. The number of alkyl halides is 1. The average Bonchev–Trinajstić information content (AvgIpc) is 3.19. The van der Waals surface area contributed by atoms with Gasteiger partial charge in [-0.15, -0.1) is 11.8 Å². The van der Waals surface area contributed by atoms with Crippen LogP contribution in [0.2, 0.25) is 0 Å². The molecule has 0 saturated carbocycles. The third-order valence-electron chi connectivity index (χ3n) is 4.94. The number of carbonyl (C=O) groups excluding carboxylic acids is 1. The molecule has 0 unspecified atom stereocenters. The molecule has 1 aliphatic carbocycles. The van der Waals surface area contributed by atoms with Crippen LogP contribution in [0.3, 0.4) is 0 Å². The lowest BCUT2D eigenvalue weighted by molar-refractivity contribution is -0.120. The lowest BCUT2D eigenvalue weighted by atomic mass is 9.96. The van der Waals surface area contributed by atoms with Crippen molar-refractivity contribution in [1.29, 1.82) is 0 Å². The molecule has 0 fully saturated rings. The molecule has 0 aromatic heterocycles. The van der Waals surface area contributed by atoms with Crippen molar-refractivity contribution in [3.63, 3.8) is 0 Å². The van der Waals surface area contributed by atoms with E-state index in [9.17, 15) is 9.18 Å². The van der Waals surface area contributed by atoms with Crippen molar-refractivity contribution >= 4 is 23.4 Å². The number of nitrogens with one attached hydrogen (secondary N) is 1. The number of halogens is 1. The Balaban J connectivity index is 0.000000807. The second-order valence-corrected chi connectivity index (χ2v) is 8.08. The maximum absolute atomic E-state index is 12.8. The number of amides is 1. The van der Waals surface area contributed by atoms with Crippen LogP contribution in [0, 0.1) is 0 Å². The van der Waals surface area contributed by atoms with Gasteiger partial charge in [0.15, 0.2) is 0 Å². The fraction of sp³-hybridized carbons (Fsp3) is 0.269. The SMILES string of the molecule is CC.CF.NC1(C(=O)Nc2ccc(SCc3ccccc3)cc2)Cc2ccccc2C1. The topological polar surface area (TPSA) is 55.1 Å². The van der Waals surface area contributed by atoms with Gasteiger partial charge in [-0.25, -0.2) is 0 Å². The number of anilines is 1. The van der Waals surface area contributed by atoms with Gasteiger partial charge in [0.1, 0.15) is 5.54 Å². The zero-order valence-corrected chi connectivity index (χ0v) is 19.2. The van der Waals surface area contributed by atoms with Gasteiger partial charge in [0.25, 0.3) is 0 Å². The second kappa shape index (κ2) is 12.3. The maximum atomic E-state index is 12.8. The number of benzene rings is 3. The van der Waals surface area contributed by atoms with E-state index >= 15 is 0 Å². The van der Waals surface area contributed by atoms with Crippen LogP contribution in [0.5, 0.6) is 0 Å². The number of hydrogen-bond acceptors (Lipinski definition) is 3. The summed E-state index contributed by atoms with van der Waals surface area (Å²) in [6.45, 7) is 4.00. The van der Waals surface area contributed by atoms with Crippen LogP contribution in [-0.4, -0.2) is 18.6 Å². The van der Waals surface area contributed by atoms with Crippen LogP contribution in [0.4, 0.5) is 10.1 Å². The normalized spacial score (nSPS) is 13.1. The maximum Gasteiger partial charge on any atom is 0.245 e. The average molecular weight is 439 g/mol. The van der Waals surface area contributed by atoms with E-state index in [1.54, 1.807) is 11.8 Å². The molecule has 3 nitrogen and oxygen atoms in total. The van der Waals surface area contributed by atoms with Crippen LogP contribution in [0.15, 0.2) is 83.8 Å². The first-order valence-corrected chi connectivity index (χ1v) is 11.4. The summed E-state index contributed by atoms with van der Waals surface area (Å²) in [5.74, 6) is 0.805. The van der Waals surface area contributed by atoms with Crippen molar-refractivity contribution in [3.8, 4) is 0 Å². The molecule has 164 valence electrons. The first-order valence-electron chi connectivity index (χ1n) is 10.4. The van der Waals surface area contributed by atoms with Gasteiger partial charge in [-0.2, -0.15) is 0 Å². The molecule has 0 aliphatic heterocycles. The largest absolute Gasteiger partial charge is 0.324 e. The monoisotopic (exact) mass is 438 g/mol. The summed E-state index contributed by atoms with van der Waals surface area (Å²) in [6.07, 6.45) is 1.17. The smallest absolute Gasteiger partial charge is 0.245 e. The van der Waals surface area contributed by atoms with E-state index in [0.29, 0.717) is 20.0 Å². The van der Waals surface area contributed by atoms with E-state index in [-0.39, 0.29) is 5.91 Å².